The van der Waals surface area contributed by atoms with Crippen molar-refractivity contribution in [3.05, 3.63) is 76.1 Å². The number of imide groups is 1. The molecule has 0 bridgehead atoms. The number of benzene rings is 2. The molecular formula is C24H17N5O4S. The van der Waals surface area contributed by atoms with Gasteiger partial charge in [0.2, 0.25) is 0 Å². The lowest BCUT2D eigenvalue weighted by molar-refractivity contribution is -0.384. The Morgan fingerprint density at radius 1 is 1.06 bits per heavy atom. The highest BCUT2D eigenvalue weighted by Crippen LogP contribution is 2.39. The molecule has 2 aromatic carbocycles. The molecule has 0 atom stereocenters. The molecule has 0 radical (unpaired) electrons. The Morgan fingerprint density at radius 3 is 2.59 bits per heavy atom. The topological polar surface area (TPSA) is 122 Å². The number of H-pyrrole nitrogens is 1. The zero-order valence-corrected chi connectivity index (χ0v) is 18.5. The number of hydrogen-bond donors (Lipinski definition) is 2. The summed E-state index contributed by atoms with van der Waals surface area (Å²) >= 11 is 4.61. The fourth-order valence-corrected chi connectivity index (χ4v) is 4.49. The number of aromatic nitrogens is 2. The predicted molar refractivity (Wildman–Crippen MR) is 131 cm³/mol. The standard InChI is InChI=1S/C24H17N5O4S/c30-23-21(17-11-26-19-5-2-1-4-15(17)19)22(24(31)27-23)18-12-28(9-3-8-25-13-34)20-7-6-14(29(32)33)10-16(18)20/h1-2,4-7,10-12,26H,3,8-9H2,(H,27,30,31). The van der Waals surface area contributed by atoms with Crippen LogP contribution < -0.4 is 5.32 Å². The summed E-state index contributed by atoms with van der Waals surface area (Å²) in [5.41, 5.74) is 2.92. The summed E-state index contributed by atoms with van der Waals surface area (Å²) in [6, 6.07) is 12.0. The first-order valence-corrected chi connectivity index (χ1v) is 10.9. The Labute approximate surface area is 197 Å². The van der Waals surface area contributed by atoms with E-state index < -0.39 is 16.7 Å². The molecule has 3 heterocycles. The van der Waals surface area contributed by atoms with Gasteiger partial charge in [-0.2, -0.15) is 0 Å². The number of non-ortho nitro benzene ring substituents is 1. The number of thiocarbonyl (C=S) groups is 1. The molecule has 2 N–H and O–H groups in total. The van der Waals surface area contributed by atoms with Gasteiger partial charge in [0.25, 0.3) is 17.5 Å². The second-order valence-corrected chi connectivity index (χ2v) is 7.99. The van der Waals surface area contributed by atoms with Crippen molar-refractivity contribution in [2.75, 3.05) is 6.54 Å². The van der Waals surface area contributed by atoms with E-state index in [4.69, 9.17) is 0 Å². The molecule has 0 aliphatic carbocycles. The van der Waals surface area contributed by atoms with Crippen LogP contribution in [0.4, 0.5) is 5.69 Å². The van der Waals surface area contributed by atoms with Gasteiger partial charge in [-0.1, -0.05) is 18.2 Å². The van der Waals surface area contributed by atoms with E-state index in [9.17, 15) is 19.7 Å². The molecular weight excluding hydrogens is 454 g/mol. The van der Waals surface area contributed by atoms with Crippen LogP contribution in [-0.4, -0.2) is 38.0 Å². The normalized spacial score (nSPS) is 13.5. The Balaban J connectivity index is 1.75. The number of rotatable bonds is 7. The van der Waals surface area contributed by atoms with E-state index in [1.165, 1.54) is 12.1 Å². The van der Waals surface area contributed by atoms with Crippen molar-refractivity contribution in [2.24, 2.45) is 4.99 Å². The fourth-order valence-electron chi connectivity index (χ4n) is 4.40. The summed E-state index contributed by atoms with van der Waals surface area (Å²) in [6.45, 7) is 1.02. The van der Waals surface area contributed by atoms with Crippen LogP contribution in [0.5, 0.6) is 0 Å². The van der Waals surface area contributed by atoms with Gasteiger partial charge in [-0.3, -0.25) is 25.0 Å². The number of carbonyl (C=O) groups excluding carboxylic acids is 2. The number of aromatic amines is 1. The van der Waals surface area contributed by atoms with Crippen LogP contribution in [0.15, 0.2) is 59.9 Å². The maximum absolute atomic E-state index is 13.0. The first-order valence-electron chi connectivity index (χ1n) is 10.5. The van der Waals surface area contributed by atoms with E-state index in [2.05, 4.69) is 32.7 Å². The highest BCUT2D eigenvalue weighted by atomic mass is 32.1. The van der Waals surface area contributed by atoms with E-state index in [0.29, 0.717) is 41.5 Å². The first-order chi connectivity index (χ1) is 16.5. The van der Waals surface area contributed by atoms with Gasteiger partial charge in [0.15, 0.2) is 0 Å². The minimum Gasteiger partial charge on any atom is -0.361 e. The molecule has 10 heteroatoms. The molecule has 1 aliphatic rings. The number of para-hydroxylation sites is 1. The van der Waals surface area contributed by atoms with Gasteiger partial charge in [-0.05, 0) is 30.8 Å². The van der Waals surface area contributed by atoms with Crippen LogP contribution in [0.25, 0.3) is 33.0 Å². The molecule has 1 aliphatic heterocycles. The number of isothiocyanates is 1. The lowest BCUT2D eigenvalue weighted by Crippen LogP contribution is -2.22. The zero-order valence-electron chi connectivity index (χ0n) is 17.7. The van der Waals surface area contributed by atoms with Crippen molar-refractivity contribution in [2.45, 2.75) is 13.0 Å². The van der Waals surface area contributed by atoms with Crippen molar-refractivity contribution in [1.29, 1.82) is 0 Å². The highest BCUT2D eigenvalue weighted by Gasteiger charge is 2.35. The van der Waals surface area contributed by atoms with Gasteiger partial charge in [0, 0.05) is 64.0 Å². The maximum atomic E-state index is 13.0. The van der Waals surface area contributed by atoms with Crippen molar-refractivity contribution in [3.63, 3.8) is 0 Å². The summed E-state index contributed by atoms with van der Waals surface area (Å²) in [5.74, 6) is -1.05. The van der Waals surface area contributed by atoms with E-state index in [1.54, 1.807) is 18.5 Å². The van der Waals surface area contributed by atoms with Gasteiger partial charge >= 0.3 is 0 Å². The van der Waals surface area contributed by atoms with Gasteiger partial charge in [-0.15, -0.1) is 0 Å². The number of nitrogens with zero attached hydrogens (tertiary/aromatic N) is 3. The van der Waals surface area contributed by atoms with Crippen LogP contribution in [0.2, 0.25) is 0 Å². The number of fused-ring (bicyclic) bond motifs is 2. The third-order valence-electron chi connectivity index (χ3n) is 5.87. The molecule has 0 fully saturated rings. The quantitative estimate of drug-likeness (QED) is 0.105. The summed E-state index contributed by atoms with van der Waals surface area (Å²) in [4.78, 5) is 44.0. The number of nitro groups is 1. The molecule has 168 valence electrons. The summed E-state index contributed by atoms with van der Waals surface area (Å²) < 4.78 is 1.91. The number of hydrogen-bond acceptors (Lipinski definition) is 6. The maximum Gasteiger partial charge on any atom is 0.270 e. The van der Waals surface area contributed by atoms with Gasteiger partial charge in [-0.25, -0.2) is 4.99 Å². The smallest absolute Gasteiger partial charge is 0.270 e. The van der Waals surface area contributed by atoms with Crippen molar-refractivity contribution >= 4 is 67.8 Å². The van der Waals surface area contributed by atoms with Gasteiger partial charge < -0.3 is 9.55 Å². The van der Waals surface area contributed by atoms with Crippen LogP contribution >= 0.6 is 12.2 Å². The second-order valence-electron chi connectivity index (χ2n) is 7.80. The van der Waals surface area contributed by atoms with Crippen LogP contribution in [-0.2, 0) is 16.1 Å². The van der Waals surface area contributed by atoms with E-state index in [1.807, 2.05) is 28.8 Å². The number of aliphatic imine (C=N–C) groups is 1. The predicted octanol–water partition coefficient (Wildman–Crippen LogP) is 4.09. The molecule has 0 saturated heterocycles. The van der Waals surface area contributed by atoms with Crippen molar-refractivity contribution in [3.8, 4) is 0 Å². The van der Waals surface area contributed by atoms with Crippen LogP contribution in [0, 0.1) is 10.1 Å². The Hall–Kier alpha value is -4.40. The monoisotopic (exact) mass is 471 g/mol. The van der Waals surface area contributed by atoms with Crippen molar-refractivity contribution in [1.82, 2.24) is 14.9 Å². The Kier molecular flexibility index (Phi) is 5.37. The molecule has 2 aromatic heterocycles. The minimum atomic E-state index is -0.541. The first kappa shape index (κ1) is 21.4. The average molecular weight is 471 g/mol. The van der Waals surface area contributed by atoms with Crippen molar-refractivity contribution < 1.29 is 14.5 Å². The van der Waals surface area contributed by atoms with E-state index in [-0.39, 0.29) is 16.8 Å². The minimum absolute atomic E-state index is 0.101. The van der Waals surface area contributed by atoms with E-state index >= 15 is 0 Å². The number of amides is 2. The summed E-state index contributed by atoms with van der Waals surface area (Å²) in [7, 11) is 0. The number of aryl methyl sites for hydroxylation is 1. The summed E-state index contributed by atoms with van der Waals surface area (Å²) in [6.07, 6.45) is 4.12. The zero-order chi connectivity index (χ0) is 23.8. The number of carbonyl (C=O) groups is 2. The molecule has 4 aromatic rings. The lowest BCUT2D eigenvalue weighted by Gasteiger charge is -2.03. The lowest BCUT2D eigenvalue weighted by atomic mass is 9.95. The molecule has 9 nitrogen and oxygen atoms in total. The van der Waals surface area contributed by atoms with Crippen LogP contribution in [0.3, 0.4) is 0 Å². The van der Waals surface area contributed by atoms with Gasteiger partial charge in [0.1, 0.15) is 0 Å². The molecule has 0 unspecified atom stereocenters. The second kappa shape index (κ2) is 8.51. The fraction of sp³-hybridized carbons (Fsp3) is 0.125. The highest BCUT2D eigenvalue weighted by molar-refractivity contribution is 7.78. The largest absolute Gasteiger partial charge is 0.361 e. The Bertz CT molecular complexity index is 1590. The average Bonchev–Trinajstić information content (AvgIpc) is 3.49. The molecule has 34 heavy (non-hydrogen) atoms. The number of nitro benzene ring substituents is 1. The third-order valence-corrected chi connectivity index (χ3v) is 6.00. The van der Waals surface area contributed by atoms with Gasteiger partial charge in [0.05, 0.1) is 27.8 Å². The SMILES string of the molecule is O=C1NC(=O)C(c2cn(CCCN=C=S)c3ccc([N+](=O)[O-])cc23)=C1c1c[nH]c2ccccc12. The molecule has 2 amide bonds. The Morgan fingerprint density at radius 2 is 1.82 bits per heavy atom. The van der Waals surface area contributed by atoms with Crippen LogP contribution in [0.1, 0.15) is 17.5 Å². The van der Waals surface area contributed by atoms with E-state index in [0.717, 1.165) is 10.9 Å². The molecule has 0 spiro atoms. The summed E-state index contributed by atoms with van der Waals surface area (Å²) in [5, 5.41) is 17.5. The number of nitrogens with one attached hydrogen (secondary N) is 2. The third kappa shape index (κ3) is 3.51. The molecule has 0 saturated carbocycles. The molecule has 5 rings (SSSR count).